The number of carbonyl (C=O) groups is 1. The number of aromatic amines is 1. The molecule has 0 aliphatic carbocycles. The molecule has 2 N–H and O–H groups in total. The molecule has 0 aliphatic rings. The third-order valence-electron chi connectivity index (χ3n) is 3.60. The van der Waals surface area contributed by atoms with E-state index in [2.05, 4.69) is 33.3 Å². The standard InChI is InChI=1S/C15H16N4O2/c1-8-4-5-11-13(9(8)2)19-12(18-11)6-16-15(20)14-10(3)21-7-17-14/h4-5,7H,6H2,1-3H3,(H,16,20)(H,18,19). The number of rotatable bonds is 3. The van der Waals surface area contributed by atoms with Crippen LogP contribution in [-0.2, 0) is 6.54 Å². The molecule has 108 valence electrons. The lowest BCUT2D eigenvalue weighted by Gasteiger charge is -2.00. The van der Waals surface area contributed by atoms with E-state index in [4.69, 9.17) is 4.42 Å². The van der Waals surface area contributed by atoms with Gasteiger partial charge in [0.1, 0.15) is 11.6 Å². The summed E-state index contributed by atoms with van der Waals surface area (Å²) in [5.41, 5.74) is 4.56. The number of aromatic nitrogens is 3. The van der Waals surface area contributed by atoms with Crippen molar-refractivity contribution in [2.75, 3.05) is 0 Å². The van der Waals surface area contributed by atoms with E-state index < -0.39 is 0 Å². The zero-order valence-electron chi connectivity index (χ0n) is 12.2. The number of fused-ring (bicyclic) bond motifs is 1. The molecule has 6 nitrogen and oxygen atoms in total. The van der Waals surface area contributed by atoms with Gasteiger partial charge < -0.3 is 14.7 Å². The van der Waals surface area contributed by atoms with Crippen molar-refractivity contribution in [2.45, 2.75) is 27.3 Å². The topological polar surface area (TPSA) is 83.8 Å². The maximum Gasteiger partial charge on any atom is 0.273 e. The molecule has 1 amide bonds. The average Bonchev–Trinajstić information content (AvgIpc) is 3.07. The SMILES string of the molecule is Cc1ccc2[nH]c(CNC(=O)c3ncoc3C)nc2c1C. The van der Waals surface area contributed by atoms with Gasteiger partial charge in [0.2, 0.25) is 0 Å². The number of benzene rings is 1. The molecule has 2 heterocycles. The Hall–Kier alpha value is -2.63. The van der Waals surface area contributed by atoms with Crippen LogP contribution in [0.1, 0.15) is 33.2 Å². The molecule has 0 unspecified atom stereocenters. The van der Waals surface area contributed by atoms with Gasteiger partial charge >= 0.3 is 0 Å². The number of amides is 1. The van der Waals surface area contributed by atoms with Crippen molar-refractivity contribution in [1.82, 2.24) is 20.3 Å². The normalized spacial score (nSPS) is 11.0. The van der Waals surface area contributed by atoms with Crippen molar-refractivity contribution in [2.24, 2.45) is 0 Å². The summed E-state index contributed by atoms with van der Waals surface area (Å²) in [6.45, 7) is 6.12. The van der Waals surface area contributed by atoms with E-state index in [0.717, 1.165) is 16.6 Å². The lowest BCUT2D eigenvalue weighted by Crippen LogP contribution is -2.24. The molecule has 6 heteroatoms. The van der Waals surface area contributed by atoms with E-state index in [1.807, 2.05) is 13.0 Å². The number of hydrogen-bond acceptors (Lipinski definition) is 4. The Kier molecular flexibility index (Phi) is 3.21. The molecule has 3 rings (SSSR count). The molecule has 1 aromatic carbocycles. The van der Waals surface area contributed by atoms with Gasteiger partial charge in [0.25, 0.3) is 5.91 Å². The molecule has 21 heavy (non-hydrogen) atoms. The highest BCUT2D eigenvalue weighted by Crippen LogP contribution is 2.19. The van der Waals surface area contributed by atoms with Crippen LogP contribution in [0.5, 0.6) is 0 Å². The minimum absolute atomic E-state index is 0.269. The maximum absolute atomic E-state index is 12.0. The summed E-state index contributed by atoms with van der Waals surface area (Å²) in [4.78, 5) is 23.6. The lowest BCUT2D eigenvalue weighted by atomic mass is 10.1. The van der Waals surface area contributed by atoms with Gasteiger partial charge in [0.15, 0.2) is 12.1 Å². The molecule has 3 aromatic rings. The molecule has 2 aromatic heterocycles. The summed E-state index contributed by atoms with van der Waals surface area (Å²) in [5.74, 6) is 0.950. The lowest BCUT2D eigenvalue weighted by molar-refractivity contribution is 0.0944. The smallest absolute Gasteiger partial charge is 0.273 e. The number of nitrogens with one attached hydrogen (secondary N) is 2. The zero-order valence-corrected chi connectivity index (χ0v) is 12.2. The molecule has 0 aliphatic heterocycles. The Morgan fingerprint density at radius 3 is 2.86 bits per heavy atom. The summed E-state index contributed by atoms with van der Waals surface area (Å²) in [6.07, 6.45) is 1.26. The molecule has 0 atom stereocenters. The van der Waals surface area contributed by atoms with E-state index in [1.54, 1.807) is 6.92 Å². The van der Waals surface area contributed by atoms with Crippen LogP contribution in [0.25, 0.3) is 11.0 Å². The van der Waals surface area contributed by atoms with Gasteiger partial charge in [-0.25, -0.2) is 9.97 Å². The fourth-order valence-electron chi connectivity index (χ4n) is 2.22. The predicted octanol–water partition coefficient (Wildman–Crippen LogP) is 2.41. The largest absolute Gasteiger partial charge is 0.448 e. The summed E-state index contributed by atoms with van der Waals surface area (Å²) in [7, 11) is 0. The number of carbonyl (C=O) groups excluding carboxylic acids is 1. The van der Waals surface area contributed by atoms with E-state index >= 15 is 0 Å². The van der Waals surface area contributed by atoms with Gasteiger partial charge in [-0.1, -0.05) is 6.07 Å². The monoisotopic (exact) mass is 284 g/mol. The second kappa shape index (κ2) is 5.05. The summed E-state index contributed by atoms with van der Waals surface area (Å²) >= 11 is 0. The van der Waals surface area contributed by atoms with Crippen LogP contribution in [0.15, 0.2) is 22.9 Å². The first kappa shape index (κ1) is 13.4. The van der Waals surface area contributed by atoms with Crippen molar-refractivity contribution >= 4 is 16.9 Å². The Bertz CT molecular complexity index is 816. The number of aryl methyl sites for hydroxylation is 3. The molecule has 0 spiro atoms. The van der Waals surface area contributed by atoms with E-state index in [0.29, 0.717) is 23.8 Å². The van der Waals surface area contributed by atoms with Crippen molar-refractivity contribution < 1.29 is 9.21 Å². The van der Waals surface area contributed by atoms with Crippen LogP contribution in [0.2, 0.25) is 0 Å². The van der Waals surface area contributed by atoms with Gasteiger partial charge in [-0.15, -0.1) is 0 Å². The number of hydrogen-bond donors (Lipinski definition) is 2. The fourth-order valence-corrected chi connectivity index (χ4v) is 2.22. The number of imidazole rings is 1. The minimum atomic E-state index is -0.269. The minimum Gasteiger partial charge on any atom is -0.448 e. The van der Waals surface area contributed by atoms with Crippen LogP contribution >= 0.6 is 0 Å². The van der Waals surface area contributed by atoms with Crippen molar-refractivity contribution in [3.63, 3.8) is 0 Å². The Morgan fingerprint density at radius 2 is 2.14 bits per heavy atom. The molecule has 0 saturated heterocycles. The quantitative estimate of drug-likeness (QED) is 0.773. The molecular weight excluding hydrogens is 268 g/mol. The van der Waals surface area contributed by atoms with Gasteiger partial charge in [-0.2, -0.15) is 0 Å². The third-order valence-corrected chi connectivity index (χ3v) is 3.60. The Morgan fingerprint density at radius 1 is 1.33 bits per heavy atom. The van der Waals surface area contributed by atoms with E-state index in [1.165, 1.54) is 12.0 Å². The van der Waals surface area contributed by atoms with Crippen LogP contribution in [0, 0.1) is 20.8 Å². The highest BCUT2D eigenvalue weighted by molar-refractivity contribution is 5.93. The summed E-state index contributed by atoms with van der Waals surface area (Å²) in [6, 6.07) is 4.05. The highest BCUT2D eigenvalue weighted by atomic mass is 16.3. The third kappa shape index (κ3) is 2.40. The van der Waals surface area contributed by atoms with Crippen LogP contribution in [-0.4, -0.2) is 20.9 Å². The molecule has 0 radical (unpaired) electrons. The number of H-pyrrole nitrogens is 1. The second-order valence-corrected chi connectivity index (χ2v) is 5.03. The van der Waals surface area contributed by atoms with Crippen molar-refractivity contribution in [1.29, 1.82) is 0 Å². The van der Waals surface area contributed by atoms with Gasteiger partial charge in [-0.3, -0.25) is 4.79 Å². The van der Waals surface area contributed by atoms with Crippen LogP contribution < -0.4 is 5.32 Å². The molecule has 0 fully saturated rings. The zero-order chi connectivity index (χ0) is 15.0. The van der Waals surface area contributed by atoms with E-state index in [9.17, 15) is 4.79 Å². The maximum atomic E-state index is 12.0. The van der Waals surface area contributed by atoms with Gasteiger partial charge in [0.05, 0.1) is 17.6 Å². The second-order valence-electron chi connectivity index (χ2n) is 5.03. The first-order valence-corrected chi connectivity index (χ1v) is 6.69. The van der Waals surface area contributed by atoms with E-state index in [-0.39, 0.29) is 5.91 Å². The number of nitrogens with zero attached hydrogens (tertiary/aromatic N) is 2. The summed E-state index contributed by atoms with van der Waals surface area (Å²) in [5, 5.41) is 2.78. The van der Waals surface area contributed by atoms with Gasteiger partial charge in [0, 0.05) is 0 Å². The van der Waals surface area contributed by atoms with Gasteiger partial charge in [-0.05, 0) is 38.0 Å². The first-order valence-electron chi connectivity index (χ1n) is 6.69. The fraction of sp³-hybridized carbons (Fsp3) is 0.267. The summed E-state index contributed by atoms with van der Waals surface area (Å²) < 4.78 is 5.02. The molecule has 0 saturated carbocycles. The first-order chi connectivity index (χ1) is 10.1. The predicted molar refractivity (Wildman–Crippen MR) is 78.0 cm³/mol. The van der Waals surface area contributed by atoms with Crippen LogP contribution in [0.3, 0.4) is 0 Å². The molecule has 0 bridgehead atoms. The van der Waals surface area contributed by atoms with Crippen molar-refractivity contribution in [3.05, 3.63) is 46.9 Å². The van der Waals surface area contributed by atoms with Crippen LogP contribution in [0.4, 0.5) is 0 Å². The average molecular weight is 284 g/mol. The highest BCUT2D eigenvalue weighted by Gasteiger charge is 2.14. The molecular formula is C15H16N4O2. The van der Waals surface area contributed by atoms with Crippen molar-refractivity contribution in [3.8, 4) is 0 Å². The Balaban J connectivity index is 1.78. The Labute approximate surface area is 121 Å². The number of oxazole rings is 1.